The summed E-state index contributed by atoms with van der Waals surface area (Å²) in [6.45, 7) is 0.795. The maximum absolute atomic E-state index is 13.1. The van der Waals surface area contributed by atoms with E-state index >= 15 is 0 Å². The number of rotatable bonds is 4. The second-order valence-corrected chi connectivity index (χ2v) is 8.77. The Morgan fingerprint density at radius 3 is 2.71 bits per heavy atom. The highest BCUT2D eigenvalue weighted by Crippen LogP contribution is 2.39. The molecule has 1 aromatic heterocycles. The molecule has 3 heterocycles. The van der Waals surface area contributed by atoms with Gasteiger partial charge >= 0.3 is 23.8 Å². The number of nitrogens with one attached hydrogen (secondary N) is 4. The number of carbonyl (C=O) groups excluding carboxylic acids is 3. The highest BCUT2D eigenvalue weighted by molar-refractivity contribution is 5.94. The summed E-state index contributed by atoms with van der Waals surface area (Å²) in [5, 5.41) is 8.65. The van der Waals surface area contributed by atoms with E-state index in [2.05, 4.69) is 20.9 Å². The summed E-state index contributed by atoms with van der Waals surface area (Å²) in [4.78, 5) is 53.3. The fourth-order valence-electron chi connectivity index (χ4n) is 4.86. The number of urea groups is 2. The molecule has 0 aliphatic carbocycles. The Hall–Kier alpha value is -4.28. The minimum atomic E-state index is -0.925. The van der Waals surface area contributed by atoms with Crippen molar-refractivity contribution >= 4 is 34.8 Å². The van der Waals surface area contributed by atoms with Gasteiger partial charge in [-0.25, -0.2) is 19.2 Å². The van der Waals surface area contributed by atoms with Gasteiger partial charge in [-0.2, -0.15) is 0 Å². The van der Waals surface area contributed by atoms with E-state index in [-0.39, 0.29) is 12.5 Å². The van der Waals surface area contributed by atoms with E-state index in [0.717, 1.165) is 11.3 Å². The summed E-state index contributed by atoms with van der Waals surface area (Å²) in [5.41, 5.74) is 2.84. The standard InChI is InChI=1S/C24H25N5O6/c1-34-20(30)18(12-14-6-7-17-19(13-14)35-23(33)27-17)26-22(32)29-10-8-24(9-11-29)15-4-2-3-5-16(15)25-21(31)28-24/h2-7,13,18H,8-12H2,1H3,(H,26,32)(H,27,33)(H2,25,28,31)/t18-/m1/s1. The summed E-state index contributed by atoms with van der Waals surface area (Å²) in [6.07, 6.45) is 1.24. The lowest BCUT2D eigenvalue weighted by atomic mass is 9.79. The molecule has 11 heteroatoms. The number of hydrogen-bond donors (Lipinski definition) is 4. The number of fused-ring (bicyclic) bond motifs is 3. The zero-order valence-electron chi connectivity index (χ0n) is 19.1. The number of esters is 1. The van der Waals surface area contributed by atoms with Crippen molar-refractivity contribution in [1.82, 2.24) is 20.5 Å². The number of hydrogen-bond acceptors (Lipinski definition) is 6. The Morgan fingerprint density at radius 1 is 1.17 bits per heavy atom. The number of likely N-dealkylation sites (tertiary alicyclic amines) is 1. The minimum Gasteiger partial charge on any atom is -0.467 e. The van der Waals surface area contributed by atoms with Crippen molar-refractivity contribution in [3.63, 3.8) is 0 Å². The molecule has 0 unspecified atom stereocenters. The van der Waals surface area contributed by atoms with Crippen molar-refractivity contribution in [2.24, 2.45) is 0 Å². The van der Waals surface area contributed by atoms with Crippen molar-refractivity contribution in [2.75, 3.05) is 25.5 Å². The number of H-pyrrole nitrogens is 1. The molecule has 35 heavy (non-hydrogen) atoms. The molecule has 182 valence electrons. The SMILES string of the molecule is COC(=O)[C@@H](Cc1ccc2[nH]c(=O)oc2c1)NC(=O)N1CCC2(CC1)NC(=O)Nc1ccccc12. The lowest BCUT2D eigenvalue weighted by molar-refractivity contribution is -0.142. The molecule has 2 aliphatic rings. The van der Waals surface area contributed by atoms with Gasteiger partial charge in [0.15, 0.2) is 5.58 Å². The number of ether oxygens (including phenoxy) is 1. The molecule has 1 saturated heterocycles. The molecule has 4 amide bonds. The number of aromatic nitrogens is 1. The molecular formula is C24H25N5O6. The molecule has 0 saturated carbocycles. The monoisotopic (exact) mass is 479 g/mol. The van der Waals surface area contributed by atoms with Crippen LogP contribution in [-0.2, 0) is 21.5 Å². The van der Waals surface area contributed by atoms with Gasteiger partial charge in [0, 0.05) is 30.8 Å². The van der Waals surface area contributed by atoms with Gasteiger partial charge in [-0.3, -0.25) is 4.98 Å². The first-order valence-corrected chi connectivity index (χ1v) is 11.3. The zero-order chi connectivity index (χ0) is 24.6. The summed E-state index contributed by atoms with van der Waals surface area (Å²) in [6, 6.07) is 11.1. The van der Waals surface area contributed by atoms with Crippen molar-refractivity contribution in [1.29, 1.82) is 0 Å². The van der Waals surface area contributed by atoms with Crippen LogP contribution in [0.3, 0.4) is 0 Å². The third kappa shape index (κ3) is 4.32. The molecule has 0 radical (unpaired) electrons. The Labute approximate surface area is 199 Å². The molecular weight excluding hydrogens is 454 g/mol. The molecule has 1 fully saturated rings. The lowest BCUT2D eigenvalue weighted by Gasteiger charge is -2.45. The van der Waals surface area contributed by atoms with E-state index in [4.69, 9.17) is 9.15 Å². The van der Waals surface area contributed by atoms with Gasteiger partial charge in [0.25, 0.3) is 0 Å². The van der Waals surface area contributed by atoms with E-state index in [9.17, 15) is 19.2 Å². The van der Waals surface area contributed by atoms with Crippen LogP contribution < -0.4 is 21.7 Å². The minimum absolute atomic E-state index is 0.163. The normalized spacial score (nSPS) is 17.3. The Kier molecular flexibility index (Phi) is 5.67. The van der Waals surface area contributed by atoms with Crippen LogP contribution >= 0.6 is 0 Å². The number of methoxy groups -OCH3 is 1. The lowest BCUT2D eigenvalue weighted by Crippen LogP contribution is -2.59. The van der Waals surface area contributed by atoms with Gasteiger partial charge in [-0.05, 0) is 36.6 Å². The van der Waals surface area contributed by atoms with Gasteiger partial charge in [0.05, 0.1) is 18.2 Å². The number of aromatic amines is 1. The fourth-order valence-corrected chi connectivity index (χ4v) is 4.86. The number of anilines is 1. The van der Waals surface area contributed by atoms with Crippen molar-refractivity contribution < 1.29 is 23.5 Å². The summed E-state index contributed by atoms with van der Waals surface area (Å²) in [5.74, 6) is -1.15. The Bertz CT molecular complexity index is 1350. The van der Waals surface area contributed by atoms with E-state index in [0.29, 0.717) is 42.6 Å². The Morgan fingerprint density at radius 2 is 1.94 bits per heavy atom. The van der Waals surface area contributed by atoms with Gasteiger partial charge in [-0.15, -0.1) is 0 Å². The van der Waals surface area contributed by atoms with Crippen molar-refractivity contribution in [3.05, 3.63) is 64.1 Å². The molecule has 1 atom stereocenters. The van der Waals surface area contributed by atoms with Gasteiger partial charge in [0.1, 0.15) is 6.04 Å². The van der Waals surface area contributed by atoms with E-state index < -0.39 is 29.3 Å². The number of amides is 4. The van der Waals surface area contributed by atoms with Crippen LogP contribution in [0.5, 0.6) is 0 Å². The van der Waals surface area contributed by atoms with E-state index in [1.54, 1.807) is 23.1 Å². The maximum atomic E-state index is 13.1. The predicted molar refractivity (Wildman–Crippen MR) is 126 cm³/mol. The fraction of sp³-hybridized carbons (Fsp3) is 0.333. The van der Waals surface area contributed by atoms with E-state index in [1.807, 2.05) is 24.3 Å². The smallest absolute Gasteiger partial charge is 0.417 e. The van der Waals surface area contributed by atoms with Gasteiger partial charge < -0.3 is 30.0 Å². The first kappa shape index (κ1) is 22.5. The number of carbonyl (C=O) groups is 3. The number of oxazole rings is 1. The number of benzene rings is 2. The van der Waals surface area contributed by atoms with Crippen molar-refractivity contribution in [3.8, 4) is 0 Å². The number of para-hydroxylation sites is 1. The summed E-state index contributed by atoms with van der Waals surface area (Å²) in [7, 11) is 1.26. The first-order chi connectivity index (χ1) is 16.9. The molecule has 4 N–H and O–H groups in total. The first-order valence-electron chi connectivity index (χ1n) is 11.3. The third-order valence-corrected chi connectivity index (χ3v) is 6.66. The number of piperidine rings is 1. The van der Waals surface area contributed by atoms with Crippen LogP contribution in [0.25, 0.3) is 11.1 Å². The highest BCUT2D eigenvalue weighted by Gasteiger charge is 2.43. The number of nitrogens with zero attached hydrogens (tertiary/aromatic N) is 1. The molecule has 3 aromatic rings. The molecule has 11 nitrogen and oxygen atoms in total. The second-order valence-electron chi connectivity index (χ2n) is 8.77. The summed E-state index contributed by atoms with van der Waals surface area (Å²) >= 11 is 0. The molecule has 1 spiro atoms. The average molecular weight is 479 g/mol. The van der Waals surface area contributed by atoms with Crippen LogP contribution in [0.2, 0.25) is 0 Å². The van der Waals surface area contributed by atoms with Crippen LogP contribution in [0.15, 0.2) is 51.7 Å². The van der Waals surface area contributed by atoms with E-state index in [1.165, 1.54) is 7.11 Å². The average Bonchev–Trinajstić information content (AvgIpc) is 3.22. The van der Waals surface area contributed by atoms with Crippen LogP contribution in [0, 0.1) is 0 Å². The van der Waals surface area contributed by atoms with Gasteiger partial charge in [-0.1, -0.05) is 24.3 Å². The topological polar surface area (TPSA) is 146 Å². The molecule has 2 aromatic carbocycles. The Balaban J connectivity index is 1.27. The quantitative estimate of drug-likeness (QED) is 0.421. The van der Waals surface area contributed by atoms with Crippen molar-refractivity contribution in [2.45, 2.75) is 30.8 Å². The third-order valence-electron chi connectivity index (χ3n) is 6.66. The molecule has 2 aliphatic heterocycles. The predicted octanol–water partition coefficient (Wildman–Crippen LogP) is 2.04. The zero-order valence-corrected chi connectivity index (χ0v) is 19.1. The molecule has 5 rings (SSSR count). The second kappa shape index (κ2) is 8.82. The van der Waals surface area contributed by atoms with Crippen LogP contribution in [-0.4, -0.2) is 54.2 Å². The maximum Gasteiger partial charge on any atom is 0.417 e. The highest BCUT2D eigenvalue weighted by atomic mass is 16.5. The van der Waals surface area contributed by atoms with Gasteiger partial charge in [0.2, 0.25) is 0 Å². The molecule has 0 bridgehead atoms. The summed E-state index contributed by atoms with van der Waals surface area (Å²) < 4.78 is 9.98. The van der Waals surface area contributed by atoms with Crippen LogP contribution in [0.4, 0.5) is 15.3 Å². The largest absolute Gasteiger partial charge is 0.467 e. The van der Waals surface area contributed by atoms with Crippen LogP contribution in [0.1, 0.15) is 24.0 Å².